The summed E-state index contributed by atoms with van der Waals surface area (Å²) in [6, 6.07) is 0. The first-order valence-corrected chi connectivity index (χ1v) is 12.2. The standard InChI is InChI=1S/C25H49NO2/c1-20(2)10-6-11-21(3)12-7-13-22(4)14-8-15-23(5)18-25(28)26-17-9-16-24(27)19-26/h20-24,27H,6-19H2,1-5H3. The van der Waals surface area contributed by atoms with Crippen molar-refractivity contribution < 1.29 is 9.90 Å². The Hall–Kier alpha value is -0.570. The van der Waals surface area contributed by atoms with Crippen molar-refractivity contribution in [1.82, 2.24) is 4.90 Å². The van der Waals surface area contributed by atoms with Gasteiger partial charge in [-0.1, -0.05) is 92.4 Å². The zero-order valence-electron chi connectivity index (χ0n) is 19.6. The number of rotatable bonds is 14. The van der Waals surface area contributed by atoms with Gasteiger partial charge in [0.25, 0.3) is 0 Å². The zero-order valence-corrected chi connectivity index (χ0v) is 19.6. The molecule has 1 heterocycles. The second-order valence-corrected chi connectivity index (χ2v) is 10.3. The highest BCUT2D eigenvalue weighted by Crippen LogP contribution is 2.23. The monoisotopic (exact) mass is 395 g/mol. The van der Waals surface area contributed by atoms with Gasteiger partial charge in [-0.15, -0.1) is 0 Å². The van der Waals surface area contributed by atoms with Gasteiger partial charge in [-0.25, -0.2) is 0 Å². The summed E-state index contributed by atoms with van der Waals surface area (Å²) in [5, 5.41) is 9.74. The number of hydrogen-bond donors (Lipinski definition) is 1. The second-order valence-electron chi connectivity index (χ2n) is 10.3. The fourth-order valence-electron chi connectivity index (χ4n) is 4.50. The van der Waals surface area contributed by atoms with Crippen LogP contribution in [0.5, 0.6) is 0 Å². The Morgan fingerprint density at radius 3 is 1.86 bits per heavy atom. The van der Waals surface area contributed by atoms with Gasteiger partial charge in [0.15, 0.2) is 0 Å². The highest BCUT2D eigenvalue weighted by atomic mass is 16.3. The molecule has 1 aliphatic rings. The molecule has 0 aliphatic carbocycles. The van der Waals surface area contributed by atoms with Crippen LogP contribution in [-0.2, 0) is 4.79 Å². The van der Waals surface area contributed by atoms with E-state index in [-0.39, 0.29) is 12.0 Å². The van der Waals surface area contributed by atoms with Crippen LogP contribution in [0.15, 0.2) is 0 Å². The van der Waals surface area contributed by atoms with Crippen LogP contribution < -0.4 is 0 Å². The van der Waals surface area contributed by atoms with E-state index in [1.165, 1.54) is 51.4 Å². The fraction of sp³-hybridized carbons (Fsp3) is 0.960. The van der Waals surface area contributed by atoms with Gasteiger partial charge in [-0.05, 0) is 36.5 Å². The number of hydrogen-bond acceptors (Lipinski definition) is 2. The first kappa shape index (κ1) is 25.5. The lowest BCUT2D eigenvalue weighted by atomic mass is 9.90. The number of amides is 1. The topological polar surface area (TPSA) is 40.5 Å². The zero-order chi connectivity index (χ0) is 20.9. The lowest BCUT2D eigenvalue weighted by molar-refractivity contribution is -0.135. The summed E-state index contributed by atoms with van der Waals surface area (Å²) in [5.41, 5.74) is 0. The van der Waals surface area contributed by atoms with E-state index in [4.69, 9.17) is 0 Å². The first-order valence-electron chi connectivity index (χ1n) is 12.2. The highest BCUT2D eigenvalue weighted by molar-refractivity contribution is 5.76. The Kier molecular flexibility index (Phi) is 13.1. The van der Waals surface area contributed by atoms with Gasteiger partial charge in [0.1, 0.15) is 0 Å². The van der Waals surface area contributed by atoms with Crippen molar-refractivity contribution in [3.05, 3.63) is 0 Å². The molecule has 0 aromatic carbocycles. The Morgan fingerprint density at radius 1 is 0.857 bits per heavy atom. The molecule has 0 saturated carbocycles. The predicted octanol–water partition coefficient (Wildman–Crippen LogP) is 6.44. The molecule has 1 N–H and O–H groups in total. The minimum absolute atomic E-state index is 0.241. The van der Waals surface area contributed by atoms with E-state index in [0.29, 0.717) is 18.9 Å². The van der Waals surface area contributed by atoms with Crippen LogP contribution in [0.1, 0.15) is 112 Å². The van der Waals surface area contributed by atoms with Crippen LogP contribution >= 0.6 is 0 Å². The van der Waals surface area contributed by atoms with Gasteiger partial charge in [-0.3, -0.25) is 4.79 Å². The smallest absolute Gasteiger partial charge is 0.222 e. The van der Waals surface area contributed by atoms with Crippen LogP contribution in [0, 0.1) is 23.7 Å². The molecular formula is C25H49NO2. The van der Waals surface area contributed by atoms with Crippen molar-refractivity contribution in [2.24, 2.45) is 23.7 Å². The number of β-amino-alcohol motifs (C(OH)–C–C–N with tert-alkyl or cyclic N) is 1. The van der Waals surface area contributed by atoms with E-state index in [1.54, 1.807) is 0 Å². The number of carbonyl (C=O) groups excluding carboxylic acids is 1. The Labute approximate surface area is 175 Å². The first-order chi connectivity index (χ1) is 13.3. The average molecular weight is 396 g/mol. The van der Waals surface area contributed by atoms with E-state index in [9.17, 15) is 9.90 Å². The Morgan fingerprint density at radius 2 is 1.36 bits per heavy atom. The predicted molar refractivity (Wildman–Crippen MR) is 120 cm³/mol. The third kappa shape index (κ3) is 12.1. The largest absolute Gasteiger partial charge is 0.391 e. The number of nitrogens with zero attached hydrogens (tertiary/aromatic N) is 1. The summed E-state index contributed by atoms with van der Waals surface area (Å²) in [4.78, 5) is 14.3. The molecule has 1 rings (SSSR count). The molecule has 0 spiro atoms. The Balaban J connectivity index is 2.05. The normalized spacial score (nSPS) is 21.0. The van der Waals surface area contributed by atoms with Gasteiger partial charge in [-0.2, -0.15) is 0 Å². The van der Waals surface area contributed by atoms with Crippen LogP contribution in [0.4, 0.5) is 0 Å². The molecule has 1 fully saturated rings. The average Bonchev–Trinajstić information content (AvgIpc) is 2.61. The van der Waals surface area contributed by atoms with Crippen molar-refractivity contribution in [2.75, 3.05) is 13.1 Å². The molecule has 1 saturated heterocycles. The van der Waals surface area contributed by atoms with Crippen molar-refractivity contribution in [3.63, 3.8) is 0 Å². The van der Waals surface area contributed by atoms with Gasteiger partial charge in [0.05, 0.1) is 6.10 Å². The second kappa shape index (κ2) is 14.4. The van der Waals surface area contributed by atoms with Gasteiger partial charge in [0.2, 0.25) is 5.91 Å². The summed E-state index contributed by atoms with van der Waals surface area (Å²) in [7, 11) is 0. The molecule has 0 radical (unpaired) electrons. The van der Waals surface area contributed by atoms with E-state index < -0.39 is 0 Å². The van der Waals surface area contributed by atoms with E-state index >= 15 is 0 Å². The van der Waals surface area contributed by atoms with E-state index in [0.717, 1.165) is 43.6 Å². The van der Waals surface area contributed by atoms with Crippen LogP contribution in [0.3, 0.4) is 0 Å². The molecule has 1 amide bonds. The van der Waals surface area contributed by atoms with Crippen LogP contribution in [0.25, 0.3) is 0 Å². The number of aliphatic hydroxyl groups is 1. The van der Waals surface area contributed by atoms with Gasteiger partial charge in [0, 0.05) is 19.5 Å². The fourth-order valence-corrected chi connectivity index (χ4v) is 4.50. The maximum Gasteiger partial charge on any atom is 0.222 e. The lowest BCUT2D eigenvalue weighted by Gasteiger charge is -2.31. The van der Waals surface area contributed by atoms with Gasteiger partial charge < -0.3 is 10.0 Å². The number of carbonyl (C=O) groups is 1. The maximum absolute atomic E-state index is 12.4. The molecule has 4 atom stereocenters. The summed E-state index contributed by atoms with van der Waals surface area (Å²) in [5.74, 6) is 3.23. The van der Waals surface area contributed by atoms with Crippen LogP contribution in [-0.4, -0.2) is 35.1 Å². The molecule has 166 valence electrons. The van der Waals surface area contributed by atoms with Crippen LogP contribution in [0.2, 0.25) is 0 Å². The summed E-state index contributed by atoms with van der Waals surface area (Å²) in [6.45, 7) is 13.0. The highest BCUT2D eigenvalue weighted by Gasteiger charge is 2.23. The molecule has 1 aliphatic heterocycles. The van der Waals surface area contributed by atoms with Crippen molar-refractivity contribution in [2.45, 2.75) is 118 Å². The molecule has 0 aromatic rings. The Bertz CT molecular complexity index is 409. The molecule has 3 nitrogen and oxygen atoms in total. The molecule has 4 unspecified atom stereocenters. The third-order valence-electron chi connectivity index (χ3n) is 6.54. The van der Waals surface area contributed by atoms with E-state index in [1.807, 2.05) is 4.90 Å². The molecule has 28 heavy (non-hydrogen) atoms. The number of likely N-dealkylation sites (tertiary alicyclic amines) is 1. The lowest BCUT2D eigenvalue weighted by Crippen LogP contribution is -2.42. The maximum atomic E-state index is 12.4. The minimum Gasteiger partial charge on any atom is -0.391 e. The molecule has 0 bridgehead atoms. The minimum atomic E-state index is -0.313. The third-order valence-corrected chi connectivity index (χ3v) is 6.54. The van der Waals surface area contributed by atoms with Crippen molar-refractivity contribution in [3.8, 4) is 0 Å². The number of aliphatic hydroxyl groups excluding tert-OH is 1. The number of piperidine rings is 1. The van der Waals surface area contributed by atoms with Gasteiger partial charge >= 0.3 is 0 Å². The summed E-state index contributed by atoms with van der Waals surface area (Å²) >= 11 is 0. The molecule has 3 heteroatoms. The van der Waals surface area contributed by atoms with E-state index in [2.05, 4.69) is 34.6 Å². The molecular weight excluding hydrogens is 346 g/mol. The summed E-state index contributed by atoms with van der Waals surface area (Å²) < 4.78 is 0. The van der Waals surface area contributed by atoms with Crippen molar-refractivity contribution in [1.29, 1.82) is 0 Å². The molecule has 0 aromatic heterocycles. The quantitative estimate of drug-likeness (QED) is 0.368. The van der Waals surface area contributed by atoms with Crippen molar-refractivity contribution >= 4 is 5.91 Å². The SMILES string of the molecule is CC(C)CCCC(C)CCCC(C)CCCC(C)CC(=O)N1CCCC(O)C1. The summed E-state index contributed by atoms with van der Waals surface area (Å²) in [6.07, 6.45) is 14.1.